The molecule has 0 aliphatic heterocycles. The molecule has 0 radical (unpaired) electrons. The molecule has 8 nitrogen and oxygen atoms in total. The lowest BCUT2D eigenvalue weighted by Gasteiger charge is -2.10. The van der Waals surface area contributed by atoms with E-state index in [-0.39, 0.29) is 12.4 Å². The molecule has 2 heterocycles. The molecule has 1 unspecified atom stereocenters. The molecule has 4 rings (SSSR count). The second kappa shape index (κ2) is 10.4. The summed E-state index contributed by atoms with van der Waals surface area (Å²) in [6.45, 7) is 3.89. The van der Waals surface area contributed by atoms with Crippen LogP contribution in [0.15, 0.2) is 77.9 Å². The number of benzene rings is 2. The first-order chi connectivity index (χ1) is 16.5. The average Bonchev–Trinajstić information content (AvgIpc) is 3.20. The Morgan fingerprint density at radius 2 is 1.82 bits per heavy atom. The molecule has 9 heteroatoms. The Hall–Kier alpha value is -3.91. The van der Waals surface area contributed by atoms with E-state index in [0.717, 1.165) is 10.2 Å². The smallest absolute Gasteiger partial charge is 0.351 e. The van der Waals surface area contributed by atoms with Gasteiger partial charge in [-0.3, -0.25) is 4.98 Å². The third-order valence-corrected chi connectivity index (χ3v) is 5.45. The minimum atomic E-state index is -0.915. The Labute approximate surface area is 201 Å². The van der Waals surface area contributed by atoms with Crippen LogP contribution in [-0.2, 0) is 16.1 Å². The van der Waals surface area contributed by atoms with Crippen LogP contribution < -0.4 is 10.4 Å². The zero-order chi connectivity index (χ0) is 24.1. The maximum atomic E-state index is 13.4. The van der Waals surface area contributed by atoms with E-state index in [2.05, 4.69) is 10.1 Å². The number of rotatable bonds is 8. The molecule has 2 aromatic heterocycles. The molecular weight excluding hydrogens is 456 g/mol. The minimum Gasteiger partial charge on any atom is -0.489 e. The van der Waals surface area contributed by atoms with Gasteiger partial charge in [-0.15, -0.1) is 5.10 Å². The van der Waals surface area contributed by atoms with Crippen molar-refractivity contribution in [2.24, 2.45) is 0 Å². The van der Waals surface area contributed by atoms with Crippen molar-refractivity contribution >= 4 is 17.6 Å². The van der Waals surface area contributed by atoms with Crippen molar-refractivity contribution in [3.63, 3.8) is 0 Å². The van der Waals surface area contributed by atoms with E-state index in [1.165, 1.54) is 10.8 Å². The molecule has 0 fully saturated rings. The fourth-order valence-corrected chi connectivity index (χ4v) is 3.60. The van der Waals surface area contributed by atoms with Crippen molar-refractivity contribution in [2.75, 3.05) is 6.61 Å². The highest BCUT2D eigenvalue weighted by Crippen LogP contribution is 2.27. The summed E-state index contributed by atoms with van der Waals surface area (Å²) in [5.41, 5.74) is 1.60. The van der Waals surface area contributed by atoms with Crippen LogP contribution in [0.2, 0.25) is 5.02 Å². The summed E-state index contributed by atoms with van der Waals surface area (Å²) in [5, 5.41) is 4.77. The minimum absolute atomic E-state index is 0.201. The molecule has 0 amide bonds. The van der Waals surface area contributed by atoms with Crippen molar-refractivity contribution in [3.05, 3.63) is 94.1 Å². The van der Waals surface area contributed by atoms with Crippen LogP contribution in [0.25, 0.3) is 17.1 Å². The number of hydrogen-bond donors (Lipinski definition) is 0. The quantitative estimate of drug-likeness (QED) is 0.347. The molecule has 0 bridgehead atoms. The normalized spacial score (nSPS) is 11.7. The number of halogens is 1. The van der Waals surface area contributed by atoms with Gasteiger partial charge >= 0.3 is 11.7 Å². The lowest BCUT2D eigenvalue weighted by molar-refractivity contribution is -0.146. The molecule has 0 aliphatic rings. The van der Waals surface area contributed by atoms with Crippen LogP contribution >= 0.6 is 11.6 Å². The van der Waals surface area contributed by atoms with Gasteiger partial charge in [0.2, 0.25) is 0 Å². The maximum absolute atomic E-state index is 13.4. The second-order valence-electron chi connectivity index (χ2n) is 7.44. The van der Waals surface area contributed by atoms with E-state index in [9.17, 15) is 9.59 Å². The number of aromatic nitrogens is 4. The van der Waals surface area contributed by atoms with Gasteiger partial charge in [-0.1, -0.05) is 41.9 Å². The third kappa shape index (κ3) is 4.87. The van der Waals surface area contributed by atoms with Crippen molar-refractivity contribution in [2.45, 2.75) is 26.5 Å². The Morgan fingerprint density at radius 3 is 2.50 bits per heavy atom. The predicted molar refractivity (Wildman–Crippen MR) is 128 cm³/mol. The summed E-state index contributed by atoms with van der Waals surface area (Å²) in [6, 6.07) is 17.6. The van der Waals surface area contributed by atoms with E-state index >= 15 is 0 Å². The first kappa shape index (κ1) is 23.3. The number of carbonyl (C=O) groups excluding carboxylic acids is 1. The predicted octanol–water partition coefficient (Wildman–Crippen LogP) is 4.45. The summed E-state index contributed by atoms with van der Waals surface area (Å²) in [6.07, 6.45) is 3.03. The molecule has 0 saturated carbocycles. The Kier molecular flexibility index (Phi) is 7.08. The Morgan fingerprint density at radius 1 is 1.09 bits per heavy atom. The zero-order valence-electron chi connectivity index (χ0n) is 18.7. The fraction of sp³-hybridized carbons (Fsp3) is 0.200. The van der Waals surface area contributed by atoms with Gasteiger partial charge in [0.25, 0.3) is 0 Å². The van der Waals surface area contributed by atoms with Crippen LogP contribution in [0.4, 0.5) is 0 Å². The lowest BCUT2D eigenvalue weighted by Crippen LogP contribution is -2.31. The van der Waals surface area contributed by atoms with Gasteiger partial charge in [0.15, 0.2) is 11.9 Å². The number of pyridine rings is 1. The summed E-state index contributed by atoms with van der Waals surface area (Å²) in [7, 11) is 0. The molecular formula is C25H23ClN4O4. The number of carbonyl (C=O) groups is 1. The highest BCUT2D eigenvalue weighted by molar-refractivity contribution is 6.33. The van der Waals surface area contributed by atoms with Crippen LogP contribution in [0.5, 0.6) is 5.75 Å². The fourth-order valence-electron chi connectivity index (χ4n) is 3.39. The van der Waals surface area contributed by atoms with E-state index in [0.29, 0.717) is 28.6 Å². The molecule has 0 saturated heterocycles. The molecule has 174 valence electrons. The van der Waals surface area contributed by atoms with Crippen molar-refractivity contribution < 1.29 is 14.3 Å². The molecule has 0 spiro atoms. The van der Waals surface area contributed by atoms with Crippen molar-refractivity contribution in [3.8, 4) is 22.8 Å². The molecule has 1 atom stereocenters. The largest absolute Gasteiger partial charge is 0.489 e. The monoisotopic (exact) mass is 478 g/mol. The van der Waals surface area contributed by atoms with Gasteiger partial charge in [-0.25, -0.2) is 14.2 Å². The van der Waals surface area contributed by atoms with Gasteiger partial charge < -0.3 is 9.47 Å². The van der Waals surface area contributed by atoms with Crippen LogP contribution in [0, 0.1) is 0 Å². The average molecular weight is 479 g/mol. The Bertz CT molecular complexity index is 1330. The molecule has 0 aliphatic carbocycles. The lowest BCUT2D eigenvalue weighted by atomic mass is 10.2. The van der Waals surface area contributed by atoms with Gasteiger partial charge in [0.05, 0.1) is 17.3 Å². The highest BCUT2D eigenvalue weighted by atomic mass is 35.5. The topological polar surface area (TPSA) is 88.2 Å². The number of hydrogen-bond acceptors (Lipinski definition) is 6. The van der Waals surface area contributed by atoms with Crippen LogP contribution in [0.3, 0.4) is 0 Å². The number of esters is 1. The summed E-state index contributed by atoms with van der Waals surface area (Å²) in [5.74, 6) is 0.384. The maximum Gasteiger partial charge on any atom is 0.351 e. The summed E-state index contributed by atoms with van der Waals surface area (Å²) < 4.78 is 13.4. The zero-order valence-corrected chi connectivity index (χ0v) is 19.5. The van der Waals surface area contributed by atoms with E-state index < -0.39 is 17.7 Å². The highest BCUT2D eigenvalue weighted by Gasteiger charge is 2.25. The van der Waals surface area contributed by atoms with Gasteiger partial charge in [0, 0.05) is 18.0 Å². The molecule has 0 N–H and O–H groups in total. The van der Waals surface area contributed by atoms with E-state index in [4.69, 9.17) is 21.1 Å². The molecule has 4 aromatic rings. The van der Waals surface area contributed by atoms with Gasteiger partial charge in [0.1, 0.15) is 12.4 Å². The van der Waals surface area contributed by atoms with Crippen LogP contribution in [-0.4, -0.2) is 31.9 Å². The van der Waals surface area contributed by atoms with E-state index in [1.54, 1.807) is 50.4 Å². The SMILES string of the molecule is CCOC(=O)C(C)n1nc(-c2ccncc2Cl)n(-c2ccc(OCc3ccccc3)cc2)c1=O. The molecule has 34 heavy (non-hydrogen) atoms. The standard InChI is InChI=1S/C25H23ClN4O4/c1-3-33-24(31)17(2)30-25(32)29(23(28-30)21-13-14-27-15-22(21)26)19-9-11-20(12-10-19)34-16-18-7-5-4-6-8-18/h4-15,17H,3,16H2,1-2H3. The van der Waals surface area contributed by atoms with Gasteiger partial charge in [-0.2, -0.15) is 4.68 Å². The van der Waals surface area contributed by atoms with Crippen molar-refractivity contribution in [1.82, 2.24) is 19.3 Å². The second-order valence-corrected chi connectivity index (χ2v) is 7.85. The van der Waals surface area contributed by atoms with Crippen LogP contribution in [0.1, 0.15) is 25.5 Å². The van der Waals surface area contributed by atoms with Gasteiger partial charge in [-0.05, 0) is 49.7 Å². The first-order valence-electron chi connectivity index (χ1n) is 10.7. The number of nitrogens with zero attached hydrogens (tertiary/aromatic N) is 4. The first-order valence-corrected chi connectivity index (χ1v) is 11.1. The van der Waals surface area contributed by atoms with E-state index in [1.807, 2.05) is 30.3 Å². The summed E-state index contributed by atoms with van der Waals surface area (Å²) >= 11 is 6.36. The summed E-state index contributed by atoms with van der Waals surface area (Å²) in [4.78, 5) is 29.7. The number of ether oxygens (including phenoxy) is 2. The molecule has 2 aromatic carbocycles. The van der Waals surface area contributed by atoms with Crippen molar-refractivity contribution in [1.29, 1.82) is 0 Å². The third-order valence-electron chi connectivity index (χ3n) is 5.15. The Balaban J connectivity index is 1.72.